The van der Waals surface area contributed by atoms with Crippen LogP contribution in [0, 0.1) is 12.8 Å². The number of carbonyl (C=O) groups is 2. The summed E-state index contributed by atoms with van der Waals surface area (Å²) >= 11 is 0. The summed E-state index contributed by atoms with van der Waals surface area (Å²) in [6.45, 7) is 6.87. The number of aryl methyl sites for hydroxylation is 1. The Balaban J connectivity index is 2.93. The largest absolute Gasteiger partial charge is 0.469 e. The fraction of sp³-hybridized carbons (Fsp3) is 0.500. The van der Waals surface area contributed by atoms with Crippen molar-refractivity contribution in [3.8, 4) is 0 Å². The van der Waals surface area contributed by atoms with E-state index in [1.54, 1.807) is 17.0 Å². The fourth-order valence-electron chi connectivity index (χ4n) is 2.09. The molecule has 1 aromatic carbocycles. The molecule has 0 saturated carbocycles. The second kappa shape index (κ2) is 7.67. The summed E-state index contributed by atoms with van der Waals surface area (Å²) in [7, 11) is 1.35. The molecule has 21 heavy (non-hydrogen) atoms. The van der Waals surface area contributed by atoms with Crippen molar-refractivity contribution in [1.29, 1.82) is 0 Å². The Hall–Kier alpha value is -2.04. The van der Waals surface area contributed by atoms with E-state index in [0.29, 0.717) is 30.3 Å². The van der Waals surface area contributed by atoms with Gasteiger partial charge in [0.05, 0.1) is 13.5 Å². The van der Waals surface area contributed by atoms with Crippen LogP contribution < -0.4 is 5.73 Å². The predicted octanol–water partition coefficient (Wildman–Crippen LogP) is 2.24. The Bertz CT molecular complexity index is 512. The Labute approximate surface area is 126 Å². The zero-order valence-corrected chi connectivity index (χ0v) is 13.2. The molecule has 5 heteroatoms. The Morgan fingerprint density at radius 2 is 2.00 bits per heavy atom. The van der Waals surface area contributed by atoms with Gasteiger partial charge < -0.3 is 15.4 Å². The highest BCUT2D eigenvalue weighted by atomic mass is 16.5. The van der Waals surface area contributed by atoms with Gasteiger partial charge in [-0.3, -0.25) is 9.59 Å². The zero-order valence-electron chi connectivity index (χ0n) is 13.2. The van der Waals surface area contributed by atoms with Crippen molar-refractivity contribution in [2.45, 2.75) is 27.2 Å². The van der Waals surface area contributed by atoms with Crippen molar-refractivity contribution in [1.82, 2.24) is 4.90 Å². The number of ether oxygens (including phenoxy) is 1. The normalized spacial score (nSPS) is 10.5. The maximum atomic E-state index is 12.7. The number of methoxy groups -OCH3 is 1. The SMILES string of the molecule is COC(=O)CCN(CC(C)C)C(=O)c1cc(N)ccc1C. The third-order valence-electron chi connectivity index (χ3n) is 3.18. The molecule has 0 bridgehead atoms. The van der Waals surface area contributed by atoms with Crippen LogP contribution in [0.3, 0.4) is 0 Å². The number of benzene rings is 1. The van der Waals surface area contributed by atoms with E-state index in [-0.39, 0.29) is 18.3 Å². The predicted molar refractivity (Wildman–Crippen MR) is 83.0 cm³/mol. The van der Waals surface area contributed by atoms with Crippen LogP contribution in [-0.4, -0.2) is 37.0 Å². The quantitative estimate of drug-likeness (QED) is 0.644. The maximum Gasteiger partial charge on any atom is 0.307 e. The smallest absolute Gasteiger partial charge is 0.307 e. The first-order valence-electron chi connectivity index (χ1n) is 7.07. The van der Waals surface area contributed by atoms with Crippen LogP contribution in [-0.2, 0) is 9.53 Å². The van der Waals surface area contributed by atoms with E-state index in [9.17, 15) is 9.59 Å². The van der Waals surface area contributed by atoms with Crippen molar-refractivity contribution < 1.29 is 14.3 Å². The first kappa shape index (κ1) is 17.0. The van der Waals surface area contributed by atoms with Gasteiger partial charge in [-0.2, -0.15) is 0 Å². The fourth-order valence-corrected chi connectivity index (χ4v) is 2.09. The summed E-state index contributed by atoms with van der Waals surface area (Å²) in [5.41, 5.74) is 7.78. The van der Waals surface area contributed by atoms with Gasteiger partial charge in [-0.15, -0.1) is 0 Å². The van der Waals surface area contributed by atoms with Gasteiger partial charge in [0.25, 0.3) is 5.91 Å². The van der Waals surface area contributed by atoms with Gasteiger partial charge >= 0.3 is 5.97 Å². The number of esters is 1. The summed E-state index contributed by atoms with van der Waals surface area (Å²) < 4.78 is 4.64. The molecule has 5 nitrogen and oxygen atoms in total. The lowest BCUT2D eigenvalue weighted by Gasteiger charge is -2.25. The molecule has 0 aromatic heterocycles. The summed E-state index contributed by atoms with van der Waals surface area (Å²) in [4.78, 5) is 25.7. The van der Waals surface area contributed by atoms with Crippen LogP contribution in [0.2, 0.25) is 0 Å². The summed E-state index contributed by atoms with van der Waals surface area (Å²) in [5, 5.41) is 0. The first-order chi connectivity index (χ1) is 9.85. The van der Waals surface area contributed by atoms with E-state index >= 15 is 0 Å². The molecule has 2 N–H and O–H groups in total. The number of nitrogens with zero attached hydrogens (tertiary/aromatic N) is 1. The highest BCUT2D eigenvalue weighted by Gasteiger charge is 2.20. The Morgan fingerprint density at radius 3 is 2.57 bits per heavy atom. The van der Waals surface area contributed by atoms with Crippen molar-refractivity contribution >= 4 is 17.6 Å². The number of carbonyl (C=O) groups excluding carboxylic acids is 2. The third kappa shape index (κ3) is 5.10. The lowest BCUT2D eigenvalue weighted by molar-refractivity contribution is -0.140. The molecule has 1 aromatic rings. The van der Waals surface area contributed by atoms with Crippen molar-refractivity contribution in [2.75, 3.05) is 25.9 Å². The molecule has 0 aliphatic rings. The van der Waals surface area contributed by atoms with E-state index in [1.807, 2.05) is 26.8 Å². The molecule has 0 heterocycles. The van der Waals surface area contributed by atoms with Crippen LogP contribution in [0.4, 0.5) is 5.69 Å². The van der Waals surface area contributed by atoms with Gasteiger partial charge in [0, 0.05) is 24.3 Å². The number of hydrogen-bond donors (Lipinski definition) is 1. The van der Waals surface area contributed by atoms with Crippen LogP contribution in [0.15, 0.2) is 18.2 Å². The first-order valence-corrected chi connectivity index (χ1v) is 7.07. The van der Waals surface area contributed by atoms with E-state index in [4.69, 9.17) is 5.73 Å². The van der Waals surface area contributed by atoms with Gasteiger partial charge in [-0.25, -0.2) is 0 Å². The number of rotatable bonds is 6. The molecule has 0 fully saturated rings. The number of nitrogens with two attached hydrogens (primary N) is 1. The molecule has 0 aliphatic carbocycles. The van der Waals surface area contributed by atoms with Crippen molar-refractivity contribution in [3.63, 3.8) is 0 Å². The van der Waals surface area contributed by atoms with Gasteiger partial charge in [0.15, 0.2) is 0 Å². The third-order valence-corrected chi connectivity index (χ3v) is 3.18. The minimum atomic E-state index is -0.319. The van der Waals surface area contributed by atoms with Gasteiger partial charge in [0.2, 0.25) is 0 Å². The average molecular weight is 292 g/mol. The van der Waals surface area contributed by atoms with Crippen molar-refractivity contribution in [2.24, 2.45) is 5.92 Å². The second-order valence-electron chi connectivity index (χ2n) is 5.55. The van der Waals surface area contributed by atoms with Crippen LogP contribution in [0.25, 0.3) is 0 Å². The molecule has 1 amide bonds. The molecule has 0 saturated heterocycles. The molecular weight excluding hydrogens is 268 g/mol. The van der Waals surface area contributed by atoms with Crippen LogP contribution >= 0.6 is 0 Å². The van der Waals surface area contributed by atoms with Gasteiger partial charge in [-0.1, -0.05) is 19.9 Å². The Kier molecular flexibility index (Phi) is 6.21. The van der Waals surface area contributed by atoms with E-state index in [2.05, 4.69) is 4.74 Å². The summed E-state index contributed by atoms with van der Waals surface area (Å²) in [6, 6.07) is 5.28. The topological polar surface area (TPSA) is 72.6 Å². The molecular formula is C16H24N2O3. The molecule has 0 aliphatic heterocycles. The van der Waals surface area contributed by atoms with E-state index in [1.165, 1.54) is 7.11 Å². The van der Waals surface area contributed by atoms with E-state index in [0.717, 1.165) is 5.56 Å². The van der Waals surface area contributed by atoms with Crippen LogP contribution in [0.1, 0.15) is 36.2 Å². The molecule has 116 valence electrons. The minimum absolute atomic E-state index is 0.0996. The summed E-state index contributed by atoms with van der Waals surface area (Å²) in [6.07, 6.45) is 0.191. The summed E-state index contributed by atoms with van der Waals surface area (Å²) in [5.74, 6) is -0.105. The molecule has 1 rings (SSSR count). The van der Waals surface area contributed by atoms with E-state index < -0.39 is 0 Å². The standard InChI is InChI=1S/C16H24N2O3/c1-11(2)10-18(8-7-15(19)21-4)16(20)14-9-13(17)6-5-12(14)3/h5-6,9,11H,7-8,10,17H2,1-4H3. The second-order valence-corrected chi connectivity index (χ2v) is 5.55. The van der Waals surface area contributed by atoms with Crippen LogP contribution in [0.5, 0.6) is 0 Å². The molecule has 0 radical (unpaired) electrons. The number of anilines is 1. The Morgan fingerprint density at radius 1 is 1.33 bits per heavy atom. The lowest BCUT2D eigenvalue weighted by atomic mass is 10.1. The van der Waals surface area contributed by atoms with Gasteiger partial charge in [0.1, 0.15) is 0 Å². The number of nitrogen functional groups attached to an aromatic ring is 1. The number of hydrogen-bond acceptors (Lipinski definition) is 4. The lowest BCUT2D eigenvalue weighted by Crippen LogP contribution is -2.36. The number of amides is 1. The van der Waals surface area contributed by atoms with Crippen molar-refractivity contribution in [3.05, 3.63) is 29.3 Å². The monoisotopic (exact) mass is 292 g/mol. The minimum Gasteiger partial charge on any atom is -0.469 e. The average Bonchev–Trinajstić information content (AvgIpc) is 2.44. The maximum absolute atomic E-state index is 12.7. The highest BCUT2D eigenvalue weighted by Crippen LogP contribution is 2.16. The zero-order chi connectivity index (χ0) is 16.0. The molecule has 0 spiro atoms. The molecule has 0 atom stereocenters. The van der Waals surface area contributed by atoms with Gasteiger partial charge in [-0.05, 0) is 30.5 Å². The highest BCUT2D eigenvalue weighted by molar-refractivity contribution is 5.96. The molecule has 0 unspecified atom stereocenters.